The van der Waals surface area contributed by atoms with E-state index in [9.17, 15) is 78.0 Å². The lowest BCUT2D eigenvalue weighted by Crippen LogP contribution is -2.61. The smallest absolute Gasteiger partial charge is 0.325 e. The van der Waals surface area contributed by atoms with Gasteiger partial charge in [0.25, 0.3) is 0 Å². The molecule has 0 aromatic carbocycles. The van der Waals surface area contributed by atoms with Crippen molar-refractivity contribution >= 4 is 77.1 Å². The van der Waals surface area contributed by atoms with Gasteiger partial charge in [0.05, 0.1) is 18.9 Å². The second kappa shape index (κ2) is 32.8. The van der Waals surface area contributed by atoms with Crippen molar-refractivity contribution in [3.05, 3.63) is 0 Å². The minimum atomic E-state index is -2.02. The molecular weight excluding hydrogens is 965 g/mol. The summed E-state index contributed by atoms with van der Waals surface area (Å²) < 4.78 is 0. The Hall–Kier alpha value is -7.13. The van der Waals surface area contributed by atoms with Crippen LogP contribution in [0, 0.1) is 23.7 Å². The molecule has 0 saturated carbocycles. The molecule has 0 aliphatic carbocycles. The second-order valence-corrected chi connectivity index (χ2v) is 19.2. The van der Waals surface area contributed by atoms with Crippen molar-refractivity contribution in [3.63, 3.8) is 0 Å². The van der Waals surface area contributed by atoms with E-state index in [1.165, 1.54) is 0 Å². The summed E-state index contributed by atoms with van der Waals surface area (Å²) in [6.07, 6.45) is -3.59. The normalized spacial score (nSPS) is 14.9. The van der Waals surface area contributed by atoms with Gasteiger partial charge in [-0.05, 0) is 69.1 Å². The van der Waals surface area contributed by atoms with Gasteiger partial charge < -0.3 is 80.2 Å². The molecule has 73 heavy (non-hydrogen) atoms. The molecule has 0 saturated heterocycles. The van der Waals surface area contributed by atoms with E-state index in [0.29, 0.717) is 0 Å². The number of carbonyl (C=O) groups is 12. The monoisotopic (exact) mass is 1040 g/mol. The fraction of sp³-hybridized carbons (Fsp3) is 0.711. The number of carboxylic acids is 4. The zero-order chi connectivity index (χ0) is 56.4. The summed E-state index contributed by atoms with van der Waals surface area (Å²) >= 11 is 0. The molecule has 0 fully saturated rings. The molecule has 0 radical (unpaired) electrons. The third kappa shape index (κ3) is 27.3. The van der Waals surface area contributed by atoms with Gasteiger partial charge in [0, 0.05) is 13.0 Å². The van der Waals surface area contributed by atoms with E-state index >= 15 is 0 Å². The molecule has 8 amide bonds. The van der Waals surface area contributed by atoms with Crippen LogP contribution in [-0.2, 0) is 57.5 Å². The Labute approximate surface area is 423 Å². The molecule has 18 N–H and O–H groups in total. The van der Waals surface area contributed by atoms with Gasteiger partial charge >= 0.3 is 23.9 Å². The Kier molecular flexibility index (Phi) is 29.6. The quantitative estimate of drug-likeness (QED) is 0.0170. The lowest BCUT2D eigenvalue weighted by atomic mass is 9.99. The van der Waals surface area contributed by atoms with Crippen molar-refractivity contribution in [1.82, 2.24) is 42.5 Å². The molecule has 0 aliphatic heterocycles. The number of hydrogen-bond donors (Lipinski definition) is 15. The lowest BCUT2D eigenvalue weighted by molar-refractivity contribution is -0.143. The van der Waals surface area contributed by atoms with Gasteiger partial charge in [-0.3, -0.25) is 62.5 Å². The summed E-state index contributed by atoms with van der Waals surface area (Å²) in [6.45, 7) is 14.7. The van der Waals surface area contributed by atoms with Crippen LogP contribution in [0.15, 0.2) is 4.99 Å². The Morgan fingerprint density at radius 1 is 0.425 bits per heavy atom. The average Bonchev–Trinajstić information content (AvgIpc) is 3.25. The van der Waals surface area contributed by atoms with E-state index < -0.39 is 151 Å². The summed E-state index contributed by atoms with van der Waals surface area (Å²) in [5.41, 5.74) is 16.8. The van der Waals surface area contributed by atoms with Crippen LogP contribution in [0.3, 0.4) is 0 Å². The van der Waals surface area contributed by atoms with Crippen molar-refractivity contribution in [2.75, 3.05) is 6.54 Å². The van der Waals surface area contributed by atoms with Crippen molar-refractivity contribution < 1.29 is 78.0 Å². The van der Waals surface area contributed by atoms with E-state index in [2.05, 4.69) is 47.5 Å². The number of hydrogen-bond acceptors (Lipinski definition) is 14. The summed E-state index contributed by atoms with van der Waals surface area (Å²) in [7, 11) is 0. The molecule has 0 rings (SSSR count). The van der Waals surface area contributed by atoms with Crippen LogP contribution in [0.1, 0.15) is 120 Å². The third-order valence-electron chi connectivity index (χ3n) is 10.7. The largest absolute Gasteiger partial charge is 0.481 e. The van der Waals surface area contributed by atoms with Crippen LogP contribution in [0.5, 0.6) is 0 Å². The maximum Gasteiger partial charge on any atom is 0.325 e. The maximum absolute atomic E-state index is 13.9. The van der Waals surface area contributed by atoms with Crippen LogP contribution < -0.4 is 59.7 Å². The minimum absolute atomic E-state index is 0.0346. The molecule has 414 valence electrons. The first-order valence-corrected chi connectivity index (χ1v) is 23.9. The van der Waals surface area contributed by atoms with E-state index in [-0.39, 0.29) is 68.3 Å². The molecular formula is C45H78N12O16. The number of nitrogens with one attached hydrogen (secondary N) is 8. The number of amides is 8. The molecule has 0 unspecified atom stereocenters. The first kappa shape index (κ1) is 65.9. The molecule has 28 nitrogen and oxygen atoms in total. The fourth-order valence-electron chi connectivity index (χ4n) is 6.77. The van der Waals surface area contributed by atoms with E-state index in [1.54, 1.807) is 55.4 Å². The highest BCUT2D eigenvalue weighted by Gasteiger charge is 2.36. The van der Waals surface area contributed by atoms with Gasteiger partial charge in [-0.15, -0.1) is 0 Å². The number of nitrogens with zero attached hydrogens (tertiary/aromatic N) is 1. The van der Waals surface area contributed by atoms with Crippen molar-refractivity contribution in [1.29, 1.82) is 0 Å². The summed E-state index contributed by atoms with van der Waals surface area (Å²) in [4.78, 5) is 159. The molecule has 0 aromatic rings. The third-order valence-corrected chi connectivity index (χ3v) is 10.7. The molecule has 0 heterocycles. The summed E-state index contributed by atoms with van der Waals surface area (Å²) in [5, 5.41) is 56.9. The number of guanidine groups is 1. The SMILES string of the molecule is CC(C)C[C@H](NC(=O)[C@H](CC(C)C)NC(=O)[C@H](CC(=O)O)NC(=O)[C@H](CC(=O)O)NC(=O)[C@H](CCCN=C(N)N)NC(=O)[C@H](CC(C)C)NC(=O)[C@@H](N)C(C)C)C(=O)N[C@@H](CCC(=O)O)C(=O)N[C@@H](C)C(=O)O. The van der Waals surface area contributed by atoms with Crippen molar-refractivity contribution in [3.8, 4) is 0 Å². The van der Waals surface area contributed by atoms with Gasteiger partial charge in [0.2, 0.25) is 47.3 Å². The zero-order valence-electron chi connectivity index (χ0n) is 42.9. The number of rotatable bonds is 35. The highest BCUT2D eigenvalue weighted by atomic mass is 16.4. The van der Waals surface area contributed by atoms with E-state index in [1.807, 2.05) is 0 Å². The predicted octanol–water partition coefficient (Wildman–Crippen LogP) is -3.04. The average molecular weight is 1040 g/mol. The summed E-state index contributed by atoms with van der Waals surface area (Å²) in [5.74, 6) is -15.6. The van der Waals surface area contributed by atoms with Crippen molar-refractivity contribution in [2.45, 2.75) is 174 Å². The standard InChI is InChI=1S/C45H78N12O16/c1-20(2)15-27(38(66)52-26(12-13-32(58)59)36(64)50-24(9)44(72)73)53-40(68)28(16-21(3)4)54-41(69)31(19-34(62)63)56-42(70)30(18-33(60)61)55-37(65)25(11-10-14-49-45(47)48)51-39(67)29(17-22(5)6)57-43(71)35(46)23(7)8/h20-31,35H,10-19,46H2,1-9H3,(H,50,64)(H,51,67)(H,52,66)(H,53,68)(H,54,69)(H,55,65)(H,56,70)(H,57,71)(H,58,59)(H,60,61)(H,62,63)(H,72,73)(H4,47,48,49)/t24-,25-,26-,27-,28-,29-,30-,31-,35-/m0/s1. The number of carbonyl (C=O) groups excluding carboxylic acids is 8. The number of nitrogens with two attached hydrogens (primary N) is 3. The van der Waals surface area contributed by atoms with Gasteiger partial charge in [-0.25, -0.2) is 0 Å². The van der Waals surface area contributed by atoms with Crippen LogP contribution in [0.2, 0.25) is 0 Å². The Bertz CT molecular complexity index is 1980. The predicted molar refractivity (Wildman–Crippen MR) is 261 cm³/mol. The van der Waals surface area contributed by atoms with Crippen molar-refractivity contribution in [2.24, 2.45) is 45.9 Å². The zero-order valence-corrected chi connectivity index (χ0v) is 42.9. The van der Waals surface area contributed by atoms with Gasteiger partial charge in [0.1, 0.15) is 48.3 Å². The first-order valence-electron chi connectivity index (χ1n) is 23.9. The molecule has 28 heteroatoms. The van der Waals surface area contributed by atoms with Crippen LogP contribution in [-0.4, -0.2) is 158 Å². The van der Waals surface area contributed by atoms with Gasteiger partial charge in [-0.2, -0.15) is 0 Å². The second-order valence-electron chi connectivity index (χ2n) is 19.2. The van der Waals surface area contributed by atoms with E-state index in [4.69, 9.17) is 17.2 Å². The Morgan fingerprint density at radius 2 is 0.740 bits per heavy atom. The molecule has 0 bridgehead atoms. The highest BCUT2D eigenvalue weighted by Crippen LogP contribution is 2.13. The number of aliphatic carboxylic acids is 4. The van der Waals surface area contributed by atoms with Crippen LogP contribution >= 0.6 is 0 Å². The lowest BCUT2D eigenvalue weighted by Gasteiger charge is -2.28. The molecule has 9 atom stereocenters. The molecule has 0 aromatic heterocycles. The Balaban J connectivity index is 6.81. The minimum Gasteiger partial charge on any atom is -0.481 e. The highest BCUT2D eigenvalue weighted by molar-refractivity contribution is 5.99. The Morgan fingerprint density at radius 3 is 1.07 bits per heavy atom. The molecule has 0 aliphatic rings. The first-order chi connectivity index (χ1) is 33.7. The summed E-state index contributed by atoms with van der Waals surface area (Å²) in [6, 6.07) is -13.7. The molecule has 0 spiro atoms. The fourth-order valence-corrected chi connectivity index (χ4v) is 6.77. The number of aliphatic imine (C=N–C) groups is 1. The maximum atomic E-state index is 13.9. The van der Waals surface area contributed by atoms with Gasteiger partial charge in [0.15, 0.2) is 5.96 Å². The van der Waals surface area contributed by atoms with Gasteiger partial charge in [-0.1, -0.05) is 55.4 Å². The van der Waals surface area contributed by atoms with Crippen LogP contribution in [0.4, 0.5) is 0 Å². The van der Waals surface area contributed by atoms with E-state index in [0.717, 1.165) is 6.92 Å². The number of carboxylic acid groups (broad SMARTS) is 4. The van der Waals surface area contributed by atoms with Crippen LogP contribution in [0.25, 0.3) is 0 Å². The topological polar surface area (TPSA) is 472 Å².